The van der Waals surface area contributed by atoms with Crippen molar-refractivity contribution >= 4 is 0 Å². The van der Waals surface area contributed by atoms with E-state index in [-0.39, 0.29) is 0 Å². The smallest absolute Gasteiger partial charge is 0.334 e. The van der Waals surface area contributed by atoms with E-state index in [4.69, 9.17) is 0 Å². The molecule has 0 aliphatic rings. The van der Waals surface area contributed by atoms with Crippen molar-refractivity contribution in [2.24, 2.45) is 7.05 Å². The maximum absolute atomic E-state index is 12.5. The first-order chi connectivity index (χ1) is 7.48. The first-order valence-electron chi connectivity index (χ1n) is 4.62. The zero-order valence-electron chi connectivity index (χ0n) is 8.49. The van der Waals surface area contributed by atoms with Crippen LogP contribution in [0.2, 0.25) is 0 Å². The zero-order valence-corrected chi connectivity index (χ0v) is 8.49. The third-order valence-corrected chi connectivity index (χ3v) is 2.30. The maximum Gasteiger partial charge on any atom is 0.416 e. The summed E-state index contributed by atoms with van der Waals surface area (Å²) in [5, 5.41) is 0. The van der Waals surface area contributed by atoms with Gasteiger partial charge in [-0.2, -0.15) is 13.2 Å². The van der Waals surface area contributed by atoms with Crippen molar-refractivity contribution in [3.63, 3.8) is 0 Å². The normalized spacial score (nSPS) is 11.8. The van der Waals surface area contributed by atoms with Crippen LogP contribution in [0, 0.1) is 0 Å². The molecular formula is C11H9F3N2. The lowest BCUT2D eigenvalue weighted by molar-refractivity contribution is -0.137. The summed E-state index contributed by atoms with van der Waals surface area (Å²) in [4.78, 5) is 3.87. The van der Waals surface area contributed by atoms with Crippen molar-refractivity contribution in [1.82, 2.24) is 9.55 Å². The Morgan fingerprint density at radius 2 is 2.00 bits per heavy atom. The fourth-order valence-electron chi connectivity index (χ4n) is 1.49. The number of hydrogen-bond acceptors (Lipinski definition) is 1. The quantitative estimate of drug-likeness (QED) is 0.730. The third kappa shape index (κ3) is 1.93. The molecule has 0 aliphatic heterocycles. The first kappa shape index (κ1) is 10.7. The molecular weight excluding hydrogens is 217 g/mol. The molecule has 16 heavy (non-hydrogen) atoms. The van der Waals surface area contributed by atoms with Gasteiger partial charge in [0.25, 0.3) is 0 Å². The molecule has 0 amide bonds. The van der Waals surface area contributed by atoms with Crippen LogP contribution in [0.25, 0.3) is 11.3 Å². The number of aryl methyl sites for hydroxylation is 1. The SMILES string of the molecule is Cn1cncc1-c1cccc(C(F)(F)F)c1. The Labute approximate surface area is 90.4 Å². The fourth-order valence-corrected chi connectivity index (χ4v) is 1.49. The Morgan fingerprint density at radius 3 is 2.56 bits per heavy atom. The largest absolute Gasteiger partial charge is 0.416 e. The van der Waals surface area contributed by atoms with Crippen LogP contribution in [0.4, 0.5) is 13.2 Å². The average Bonchev–Trinajstić information content (AvgIpc) is 2.63. The van der Waals surface area contributed by atoms with Crippen molar-refractivity contribution in [1.29, 1.82) is 0 Å². The lowest BCUT2D eigenvalue weighted by Crippen LogP contribution is -2.04. The van der Waals surface area contributed by atoms with E-state index in [1.54, 1.807) is 24.0 Å². The van der Waals surface area contributed by atoms with Gasteiger partial charge >= 0.3 is 6.18 Å². The van der Waals surface area contributed by atoms with Gasteiger partial charge in [-0.25, -0.2) is 4.98 Å². The minimum atomic E-state index is -4.31. The minimum absolute atomic E-state index is 0.509. The van der Waals surface area contributed by atoms with Crippen molar-refractivity contribution in [3.05, 3.63) is 42.4 Å². The average molecular weight is 226 g/mol. The second-order valence-electron chi connectivity index (χ2n) is 3.47. The first-order valence-corrected chi connectivity index (χ1v) is 4.62. The second-order valence-corrected chi connectivity index (χ2v) is 3.47. The summed E-state index contributed by atoms with van der Waals surface area (Å²) in [7, 11) is 1.74. The Bertz CT molecular complexity index is 500. The van der Waals surface area contributed by atoms with Gasteiger partial charge in [-0.05, 0) is 12.1 Å². The molecule has 0 spiro atoms. The van der Waals surface area contributed by atoms with E-state index in [0.29, 0.717) is 11.3 Å². The molecule has 0 saturated heterocycles. The van der Waals surface area contributed by atoms with Gasteiger partial charge in [-0.15, -0.1) is 0 Å². The Morgan fingerprint density at radius 1 is 1.25 bits per heavy atom. The molecule has 0 aliphatic carbocycles. The van der Waals surface area contributed by atoms with Crippen molar-refractivity contribution in [2.75, 3.05) is 0 Å². The van der Waals surface area contributed by atoms with E-state index in [9.17, 15) is 13.2 Å². The van der Waals surface area contributed by atoms with Gasteiger partial charge < -0.3 is 4.57 Å². The summed E-state index contributed by atoms with van der Waals surface area (Å²) in [6.07, 6.45) is -1.22. The molecule has 1 aromatic heterocycles. The van der Waals surface area contributed by atoms with Crippen LogP contribution in [0.1, 0.15) is 5.56 Å². The monoisotopic (exact) mass is 226 g/mol. The van der Waals surface area contributed by atoms with E-state index < -0.39 is 11.7 Å². The van der Waals surface area contributed by atoms with Gasteiger partial charge in [-0.3, -0.25) is 0 Å². The van der Waals surface area contributed by atoms with E-state index in [1.807, 2.05) is 0 Å². The molecule has 0 N–H and O–H groups in total. The van der Waals surface area contributed by atoms with Gasteiger partial charge in [0.15, 0.2) is 0 Å². The maximum atomic E-state index is 12.5. The summed E-state index contributed by atoms with van der Waals surface area (Å²) in [5.74, 6) is 0. The Hall–Kier alpha value is -1.78. The van der Waals surface area contributed by atoms with E-state index in [2.05, 4.69) is 4.98 Å². The van der Waals surface area contributed by atoms with Gasteiger partial charge in [-0.1, -0.05) is 12.1 Å². The van der Waals surface area contributed by atoms with Crippen LogP contribution in [0.5, 0.6) is 0 Å². The zero-order chi connectivity index (χ0) is 11.8. The third-order valence-electron chi connectivity index (χ3n) is 2.30. The molecule has 0 fully saturated rings. The molecule has 84 valence electrons. The molecule has 1 aromatic carbocycles. The number of halogens is 3. The van der Waals surface area contributed by atoms with Gasteiger partial charge in [0.05, 0.1) is 23.8 Å². The molecule has 0 radical (unpaired) electrons. The summed E-state index contributed by atoms with van der Waals surface area (Å²) in [6, 6.07) is 5.20. The number of hydrogen-bond donors (Lipinski definition) is 0. The number of nitrogens with zero attached hydrogens (tertiary/aromatic N) is 2. The highest BCUT2D eigenvalue weighted by Gasteiger charge is 2.30. The Kier molecular flexibility index (Phi) is 2.46. The molecule has 0 unspecified atom stereocenters. The van der Waals surface area contributed by atoms with E-state index >= 15 is 0 Å². The summed E-state index contributed by atoms with van der Waals surface area (Å²) in [6.45, 7) is 0. The molecule has 2 rings (SSSR count). The molecule has 0 atom stereocenters. The van der Waals surface area contributed by atoms with Gasteiger partial charge in [0.2, 0.25) is 0 Å². The minimum Gasteiger partial charge on any atom is -0.334 e. The predicted octanol–water partition coefficient (Wildman–Crippen LogP) is 3.11. The summed E-state index contributed by atoms with van der Waals surface area (Å²) >= 11 is 0. The van der Waals surface area contributed by atoms with Crippen LogP contribution in [0.3, 0.4) is 0 Å². The number of rotatable bonds is 1. The topological polar surface area (TPSA) is 17.8 Å². The molecule has 0 bridgehead atoms. The second kappa shape index (κ2) is 3.66. The summed E-state index contributed by atoms with van der Waals surface area (Å²) < 4.78 is 39.1. The van der Waals surface area contributed by atoms with Crippen LogP contribution in [0.15, 0.2) is 36.8 Å². The standard InChI is InChI=1S/C11H9F3N2/c1-16-7-15-6-10(16)8-3-2-4-9(5-8)11(12,13)14/h2-7H,1H3. The lowest BCUT2D eigenvalue weighted by Gasteiger charge is -2.08. The number of alkyl halides is 3. The molecule has 1 heterocycles. The van der Waals surface area contributed by atoms with Gasteiger partial charge in [0.1, 0.15) is 0 Å². The number of benzene rings is 1. The number of imidazole rings is 1. The fraction of sp³-hybridized carbons (Fsp3) is 0.182. The van der Waals surface area contributed by atoms with Crippen molar-refractivity contribution in [2.45, 2.75) is 6.18 Å². The van der Waals surface area contributed by atoms with E-state index in [1.165, 1.54) is 12.3 Å². The van der Waals surface area contributed by atoms with E-state index in [0.717, 1.165) is 12.1 Å². The summed E-state index contributed by atoms with van der Waals surface area (Å²) in [5.41, 5.74) is 0.520. The van der Waals surface area contributed by atoms with Crippen LogP contribution in [-0.4, -0.2) is 9.55 Å². The molecule has 5 heteroatoms. The highest BCUT2D eigenvalue weighted by molar-refractivity contribution is 5.60. The highest BCUT2D eigenvalue weighted by atomic mass is 19.4. The molecule has 2 aromatic rings. The van der Waals surface area contributed by atoms with Crippen LogP contribution in [-0.2, 0) is 13.2 Å². The van der Waals surface area contributed by atoms with Crippen molar-refractivity contribution < 1.29 is 13.2 Å². The predicted molar refractivity (Wildman–Crippen MR) is 53.6 cm³/mol. The van der Waals surface area contributed by atoms with Crippen LogP contribution >= 0.6 is 0 Å². The van der Waals surface area contributed by atoms with Gasteiger partial charge in [0, 0.05) is 12.6 Å². The van der Waals surface area contributed by atoms with Crippen molar-refractivity contribution in [3.8, 4) is 11.3 Å². The number of aromatic nitrogens is 2. The molecule has 2 nitrogen and oxygen atoms in total. The van der Waals surface area contributed by atoms with Crippen LogP contribution < -0.4 is 0 Å². The lowest BCUT2D eigenvalue weighted by atomic mass is 10.1. The molecule has 0 saturated carbocycles. The highest BCUT2D eigenvalue weighted by Crippen LogP contribution is 2.31. The Balaban J connectivity index is 2.49.